The van der Waals surface area contributed by atoms with Crippen molar-refractivity contribution < 1.29 is 37.3 Å². The van der Waals surface area contributed by atoms with Gasteiger partial charge < -0.3 is 27.9 Å². The van der Waals surface area contributed by atoms with Crippen molar-refractivity contribution in [1.29, 1.82) is 0 Å². The number of quaternary nitrogens is 1. The first-order valence-corrected chi connectivity index (χ1v) is 20.3. The van der Waals surface area contributed by atoms with Crippen molar-refractivity contribution in [2.24, 2.45) is 0 Å². The zero-order valence-electron chi connectivity index (χ0n) is 31.4. The lowest BCUT2D eigenvalue weighted by Gasteiger charge is -2.28. The molecule has 0 heterocycles. The van der Waals surface area contributed by atoms with Crippen LogP contribution >= 0.6 is 7.82 Å². The predicted octanol–water partition coefficient (Wildman–Crippen LogP) is 9.80. The number of hydrogen-bond donors (Lipinski definition) is 0. The van der Waals surface area contributed by atoms with Gasteiger partial charge in [-0.05, 0) is 64.2 Å². The fourth-order valence-corrected chi connectivity index (χ4v) is 5.41. The summed E-state index contributed by atoms with van der Waals surface area (Å²) in [5.41, 5.74) is 0. The number of hydrogen-bond acceptors (Lipinski definition) is 7. The highest BCUT2D eigenvalue weighted by Gasteiger charge is 2.20. The van der Waals surface area contributed by atoms with Gasteiger partial charge >= 0.3 is 5.97 Å². The second kappa shape index (κ2) is 32.7. The van der Waals surface area contributed by atoms with Gasteiger partial charge in [-0.3, -0.25) is 9.36 Å². The Morgan fingerprint density at radius 2 is 1.21 bits per heavy atom. The van der Waals surface area contributed by atoms with Crippen LogP contribution in [-0.4, -0.2) is 70.7 Å². The maximum absolute atomic E-state index is 12.6. The minimum atomic E-state index is -4.52. The van der Waals surface area contributed by atoms with Crippen molar-refractivity contribution in [2.45, 2.75) is 142 Å². The number of phosphoric acid groups is 1. The van der Waals surface area contributed by atoms with Crippen LogP contribution in [0.25, 0.3) is 0 Å². The Kier molecular flexibility index (Phi) is 31.6. The molecule has 0 aromatic rings. The van der Waals surface area contributed by atoms with Crippen molar-refractivity contribution in [3.05, 3.63) is 48.6 Å². The molecule has 0 bridgehead atoms. The smallest absolute Gasteiger partial charge is 0.306 e. The lowest BCUT2D eigenvalue weighted by molar-refractivity contribution is -0.870. The van der Waals surface area contributed by atoms with Gasteiger partial charge in [0.15, 0.2) is 0 Å². The standard InChI is InChI=1S/C39H72NO7P/c1-6-8-10-12-14-16-18-19-20-21-22-24-26-28-30-32-39(41)47-38(37-46-48(42,43)45-35-33-40(3,4)5)36-44-34-31-29-27-25-23-17-15-13-11-9-7-2/h8,10-11,13-14,16,19-20,38H,6-7,9,12,15,17-18,21-37H2,1-5H3/b10-8-,13-11-,16-14-,20-19-. The van der Waals surface area contributed by atoms with E-state index in [2.05, 4.69) is 62.5 Å². The lowest BCUT2D eigenvalue weighted by atomic mass is 10.1. The summed E-state index contributed by atoms with van der Waals surface area (Å²) in [4.78, 5) is 24.9. The molecule has 0 aliphatic carbocycles. The SMILES string of the molecule is CC/C=C\C/C=C\C/C=C\CCCCCCCC(=O)OC(COCCCCCCCC/C=C\CCC)COP(=O)([O-])OCC[N+](C)(C)C. The van der Waals surface area contributed by atoms with Gasteiger partial charge in [-0.1, -0.05) is 114 Å². The molecular weight excluding hydrogens is 625 g/mol. The highest BCUT2D eigenvalue weighted by molar-refractivity contribution is 7.45. The Morgan fingerprint density at radius 3 is 1.83 bits per heavy atom. The molecule has 0 rings (SSSR count). The van der Waals surface area contributed by atoms with Crippen molar-refractivity contribution in [3.8, 4) is 0 Å². The van der Waals surface area contributed by atoms with Gasteiger partial charge in [0.1, 0.15) is 19.3 Å². The molecule has 8 nitrogen and oxygen atoms in total. The van der Waals surface area contributed by atoms with Gasteiger partial charge in [-0.15, -0.1) is 0 Å². The van der Waals surface area contributed by atoms with Crippen molar-refractivity contribution in [3.63, 3.8) is 0 Å². The van der Waals surface area contributed by atoms with E-state index in [0.29, 0.717) is 24.1 Å². The molecule has 0 aromatic carbocycles. The van der Waals surface area contributed by atoms with Crippen LogP contribution in [0.4, 0.5) is 0 Å². The molecule has 0 saturated carbocycles. The number of carbonyl (C=O) groups excluding carboxylic acids is 1. The van der Waals surface area contributed by atoms with Crippen LogP contribution in [0, 0.1) is 0 Å². The molecule has 9 heteroatoms. The minimum absolute atomic E-state index is 0.0195. The molecular formula is C39H72NO7P. The van der Waals surface area contributed by atoms with E-state index in [1.165, 1.54) is 38.5 Å². The maximum Gasteiger partial charge on any atom is 0.306 e. The van der Waals surface area contributed by atoms with Crippen LogP contribution in [0.15, 0.2) is 48.6 Å². The Hall–Kier alpha value is -1.54. The Bertz CT molecular complexity index is 911. The van der Waals surface area contributed by atoms with Crippen LogP contribution in [-0.2, 0) is 27.9 Å². The van der Waals surface area contributed by atoms with E-state index in [0.717, 1.165) is 77.0 Å². The third kappa shape index (κ3) is 35.8. The van der Waals surface area contributed by atoms with E-state index >= 15 is 0 Å². The molecule has 0 saturated heterocycles. The molecule has 0 N–H and O–H groups in total. The Labute approximate surface area is 295 Å². The number of carbonyl (C=O) groups is 1. The van der Waals surface area contributed by atoms with Crippen LogP contribution in [0.3, 0.4) is 0 Å². The van der Waals surface area contributed by atoms with Crippen LogP contribution in [0.2, 0.25) is 0 Å². The number of esters is 1. The van der Waals surface area contributed by atoms with Crippen LogP contribution < -0.4 is 4.89 Å². The van der Waals surface area contributed by atoms with Crippen molar-refractivity contribution in [1.82, 2.24) is 0 Å². The van der Waals surface area contributed by atoms with Crippen LogP contribution in [0.1, 0.15) is 136 Å². The average Bonchev–Trinajstić information content (AvgIpc) is 3.03. The summed E-state index contributed by atoms with van der Waals surface area (Å²) in [5, 5.41) is 0. The summed E-state index contributed by atoms with van der Waals surface area (Å²) in [6.07, 6.45) is 36.9. The van der Waals surface area contributed by atoms with E-state index in [1.54, 1.807) is 0 Å². The average molecular weight is 698 g/mol. The molecule has 0 amide bonds. The topological polar surface area (TPSA) is 94.1 Å². The van der Waals surface area contributed by atoms with Crippen molar-refractivity contribution >= 4 is 13.8 Å². The second-order valence-corrected chi connectivity index (χ2v) is 15.0. The largest absolute Gasteiger partial charge is 0.756 e. The van der Waals surface area contributed by atoms with E-state index < -0.39 is 13.9 Å². The summed E-state index contributed by atoms with van der Waals surface area (Å²) in [6, 6.07) is 0. The lowest BCUT2D eigenvalue weighted by Crippen LogP contribution is -2.37. The van der Waals surface area contributed by atoms with Gasteiger partial charge in [-0.25, -0.2) is 0 Å². The zero-order valence-corrected chi connectivity index (χ0v) is 32.3. The van der Waals surface area contributed by atoms with Gasteiger partial charge in [-0.2, -0.15) is 0 Å². The van der Waals surface area contributed by atoms with Crippen molar-refractivity contribution in [2.75, 3.05) is 54.1 Å². The van der Waals surface area contributed by atoms with E-state index in [4.69, 9.17) is 18.5 Å². The zero-order chi connectivity index (χ0) is 35.6. The molecule has 0 spiro atoms. The number of nitrogens with zero attached hydrogens (tertiary/aromatic N) is 1. The Balaban J connectivity index is 4.35. The monoisotopic (exact) mass is 698 g/mol. The fraction of sp³-hybridized carbons (Fsp3) is 0.769. The summed E-state index contributed by atoms with van der Waals surface area (Å²) < 4.78 is 34.4. The Morgan fingerprint density at radius 1 is 0.667 bits per heavy atom. The number of likely N-dealkylation sites (N-methyl/N-ethyl adjacent to an activating group) is 1. The number of allylic oxidation sites excluding steroid dienone is 8. The van der Waals surface area contributed by atoms with E-state index in [1.807, 2.05) is 21.1 Å². The number of ether oxygens (including phenoxy) is 2. The first kappa shape index (κ1) is 46.5. The summed E-state index contributed by atoms with van der Waals surface area (Å²) in [5.74, 6) is -0.357. The maximum atomic E-state index is 12.6. The molecule has 0 aliphatic heterocycles. The highest BCUT2D eigenvalue weighted by Crippen LogP contribution is 2.38. The fourth-order valence-electron chi connectivity index (χ4n) is 4.68. The molecule has 0 fully saturated rings. The molecule has 0 radical (unpaired) electrons. The predicted molar refractivity (Wildman–Crippen MR) is 199 cm³/mol. The van der Waals surface area contributed by atoms with Crippen LogP contribution in [0.5, 0.6) is 0 Å². The molecule has 0 aliphatic rings. The van der Waals surface area contributed by atoms with Gasteiger partial charge in [0.2, 0.25) is 0 Å². The van der Waals surface area contributed by atoms with Gasteiger partial charge in [0.25, 0.3) is 7.82 Å². The van der Waals surface area contributed by atoms with Gasteiger partial charge in [0.05, 0.1) is 34.4 Å². The minimum Gasteiger partial charge on any atom is -0.756 e. The third-order valence-corrected chi connectivity index (χ3v) is 8.56. The molecule has 2 atom stereocenters. The summed E-state index contributed by atoms with van der Waals surface area (Å²) >= 11 is 0. The molecule has 48 heavy (non-hydrogen) atoms. The normalized spacial score (nSPS) is 14.5. The molecule has 2 unspecified atom stereocenters. The first-order chi connectivity index (χ1) is 23.1. The van der Waals surface area contributed by atoms with E-state index in [9.17, 15) is 14.3 Å². The summed E-state index contributed by atoms with van der Waals surface area (Å²) in [7, 11) is 1.33. The number of rotatable bonds is 34. The number of unbranched alkanes of at least 4 members (excludes halogenated alkanes) is 12. The van der Waals surface area contributed by atoms with E-state index in [-0.39, 0.29) is 25.8 Å². The van der Waals surface area contributed by atoms with Gasteiger partial charge in [0, 0.05) is 13.0 Å². The number of phosphoric ester groups is 1. The second-order valence-electron chi connectivity index (χ2n) is 13.5. The third-order valence-electron chi connectivity index (χ3n) is 7.60. The highest BCUT2D eigenvalue weighted by atomic mass is 31.2. The first-order valence-electron chi connectivity index (χ1n) is 18.9. The molecule has 280 valence electrons. The summed E-state index contributed by atoms with van der Waals surface area (Å²) in [6.45, 7) is 5.18. The molecule has 0 aromatic heterocycles. The quantitative estimate of drug-likeness (QED) is 0.0217.